The number of hydrogen-bond acceptors (Lipinski definition) is 2. The zero-order chi connectivity index (χ0) is 11.8. The molecule has 0 saturated heterocycles. The van der Waals surface area contributed by atoms with Crippen LogP contribution in [0, 0.1) is 6.92 Å². The van der Waals surface area contributed by atoms with Gasteiger partial charge in [0.1, 0.15) is 0 Å². The first kappa shape index (κ1) is 11.0. The first-order valence-corrected chi connectivity index (χ1v) is 6.42. The summed E-state index contributed by atoms with van der Waals surface area (Å²) >= 11 is 6.06. The Morgan fingerprint density at radius 3 is 3.12 bits per heavy atom. The summed E-state index contributed by atoms with van der Waals surface area (Å²) in [6.45, 7) is 4.18. The van der Waals surface area contributed by atoms with Crippen LogP contribution in [-0.2, 0) is 13.0 Å². The van der Waals surface area contributed by atoms with E-state index in [0.717, 1.165) is 30.0 Å². The Hall–Kier alpha value is -1.12. The highest BCUT2D eigenvalue weighted by atomic mass is 35.5. The highest BCUT2D eigenvalue weighted by molar-refractivity contribution is 6.31. The van der Waals surface area contributed by atoms with Crippen LogP contribution in [0.2, 0.25) is 5.02 Å². The number of hydrogen-bond donors (Lipinski definition) is 1. The lowest BCUT2D eigenvalue weighted by atomic mass is 10.0. The molecule has 1 aliphatic heterocycles. The number of aryl methyl sites for hydroxylation is 2. The molecule has 0 fully saturated rings. The molecule has 3 rings (SSSR count). The average Bonchev–Trinajstić information content (AvgIpc) is 2.56. The van der Waals surface area contributed by atoms with Gasteiger partial charge in [0, 0.05) is 22.6 Å². The molecule has 0 atom stereocenters. The fraction of sp³-hybridized carbons (Fsp3) is 0.357. The monoisotopic (exact) mass is 246 g/mol. The fourth-order valence-corrected chi connectivity index (χ4v) is 2.71. The van der Waals surface area contributed by atoms with Gasteiger partial charge in [-0.25, -0.2) is 0 Å². The quantitative estimate of drug-likeness (QED) is 0.772. The molecule has 1 aromatic heterocycles. The second-order valence-electron chi connectivity index (χ2n) is 4.60. The lowest BCUT2D eigenvalue weighted by molar-refractivity contribution is 0.679. The van der Waals surface area contributed by atoms with Crippen molar-refractivity contribution in [3.05, 3.63) is 40.0 Å². The molecule has 0 bridgehead atoms. The third-order valence-electron chi connectivity index (χ3n) is 3.49. The van der Waals surface area contributed by atoms with Gasteiger partial charge in [0.2, 0.25) is 0 Å². The first-order chi connectivity index (χ1) is 8.25. The molecule has 1 aliphatic rings. The summed E-state index contributed by atoms with van der Waals surface area (Å²) in [5.74, 6) is 0. The second kappa shape index (κ2) is 4.28. The van der Waals surface area contributed by atoms with E-state index in [-0.39, 0.29) is 0 Å². The van der Waals surface area contributed by atoms with Crippen LogP contribution in [0.1, 0.15) is 23.2 Å². The van der Waals surface area contributed by atoms with Gasteiger partial charge in [0.25, 0.3) is 0 Å². The van der Waals surface area contributed by atoms with Crippen molar-refractivity contribution in [3.8, 4) is 0 Å². The van der Waals surface area contributed by atoms with Crippen molar-refractivity contribution in [1.82, 2.24) is 10.3 Å². The van der Waals surface area contributed by atoms with Crippen LogP contribution in [0.4, 0.5) is 0 Å². The Bertz CT molecular complexity index is 578. The standard InChI is InChI=1S/C14H15ClN2/c1-9-11-7-10(15)4-5-14(11)17-13-3-2-6-16-8-12(9)13/h4-5,7,16H,2-3,6,8H2,1H3. The van der Waals surface area contributed by atoms with Crippen molar-refractivity contribution in [3.63, 3.8) is 0 Å². The fourth-order valence-electron chi connectivity index (χ4n) is 2.53. The normalized spacial score (nSPS) is 15.6. The summed E-state index contributed by atoms with van der Waals surface area (Å²) in [5, 5.41) is 5.41. The molecule has 2 heterocycles. The number of aromatic nitrogens is 1. The van der Waals surface area contributed by atoms with E-state index in [1.54, 1.807) is 0 Å². The molecule has 0 unspecified atom stereocenters. The SMILES string of the molecule is Cc1c2c(nc3ccc(Cl)cc13)CCCNC2. The molecular weight excluding hydrogens is 232 g/mol. The van der Waals surface area contributed by atoms with Crippen LogP contribution in [0.5, 0.6) is 0 Å². The Balaban J connectivity index is 2.29. The summed E-state index contributed by atoms with van der Waals surface area (Å²) in [4.78, 5) is 4.78. The molecule has 2 nitrogen and oxygen atoms in total. The first-order valence-electron chi connectivity index (χ1n) is 6.04. The van der Waals surface area contributed by atoms with Gasteiger partial charge in [-0.05, 0) is 55.6 Å². The van der Waals surface area contributed by atoms with Gasteiger partial charge < -0.3 is 5.32 Å². The molecule has 0 spiro atoms. The Labute approximate surface area is 106 Å². The number of benzene rings is 1. The lowest BCUT2D eigenvalue weighted by Gasteiger charge is -2.12. The Morgan fingerprint density at radius 2 is 2.24 bits per heavy atom. The molecule has 2 aromatic rings. The van der Waals surface area contributed by atoms with Gasteiger partial charge >= 0.3 is 0 Å². The number of nitrogens with one attached hydrogen (secondary N) is 1. The van der Waals surface area contributed by atoms with E-state index >= 15 is 0 Å². The van der Waals surface area contributed by atoms with Crippen LogP contribution >= 0.6 is 11.6 Å². The average molecular weight is 247 g/mol. The van der Waals surface area contributed by atoms with Gasteiger partial charge in [0.15, 0.2) is 0 Å². The minimum Gasteiger partial charge on any atom is -0.313 e. The predicted octanol–water partition coefficient (Wildman–Crippen LogP) is 3.23. The molecule has 17 heavy (non-hydrogen) atoms. The summed E-state index contributed by atoms with van der Waals surface area (Å²) in [7, 11) is 0. The largest absolute Gasteiger partial charge is 0.313 e. The minimum atomic E-state index is 0.781. The maximum atomic E-state index is 6.06. The number of nitrogens with zero attached hydrogens (tertiary/aromatic N) is 1. The summed E-state index contributed by atoms with van der Waals surface area (Å²) in [6.07, 6.45) is 2.24. The van der Waals surface area contributed by atoms with Crippen molar-refractivity contribution < 1.29 is 0 Å². The van der Waals surface area contributed by atoms with Gasteiger partial charge in [-0.3, -0.25) is 4.98 Å². The Kier molecular flexibility index (Phi) is 2.77. The summed E-state index contributed by atoms with van der Waals surface area (Å²) in [5.41, 5.74) is 4.99. The van der Waals surface area contributed by atoms with E-state index in [1.807, 2.05) is 18.2 Å². The molecule has 3 heteroatoms. The van der Waals surface area contributed by atoms with E-state index in [9.17, 15) is 0 Å². The number of rotatable bonds is 0. The zero-order valence-electron chi connectivity index (χ0n) is 9.89. The van der Waals surface area contributed by atoms with E-state index in [1.165, 1.54) is 28.6 Å². The van der Waals surface area contributed by atoms with Gasteiger partial charge in [0.05, 0.1) is 5.52 Å². The van der Waals surface area contributed by atoms with Crippen LogP contribution in [0.15, 0.2) is 18.2 Å². The molecular formula is C14H15ClN2. The molecule has 88 valence electrons. The molecule has 1 N–H and O–H groups in total. The van der Waals surface area contributed by atoms with Crippen molar-refractivity contribution in [2.75, 3.05) is 6.54 Å². The maximum absolute atomic E-state index is 6.06. The predicted molar refractivity (Wildman–Crippen MR) is 71.5 cm³/mol. The number of fused-ring (bicyclic) bond motifs is 2. The summed E-state index contributed by atoms with van der Waals surface area (Å²) in [6, 6.07) is 5.95. The minimum absolute atomic E-state index is 0.781. The highest BCUT2D eigenvalue weighted by Crippen LogP contribution is 2.27. The number of halogens is 1. The third kappa shape index (κ3) is 1.92. The maximum Gasteiger partial charge on any atom is 0.0709 e. The molecule has 0 radical (unpaired) electrons. The second-order valence-corrected chi connectivity index (χ2v) is 5.04. The summed E-state index contributed by atoms with van der Waals surface area (Å²) < 4.78 is 0. The molecule has 0 aliphatic carbocycles. The highest BCUT2D eigenvalue weighted by Gasteiger charge is 2.14. The van der Waals surface area contributed by atoms with Crippen molar-refractivity contribution in [1.29, 1.82) is 0 Å². The van der Waals surface area contributed by atoms with Gasteiger partial charge in [-0.1, -0.05) is 11.6 Å². The Morgan fingerprint density at radius 1 is 1.35 bits per heavy atom. The van der Waals surface area contributed by atoms with Crippen molar-refractivity contribution in [2.45, 2.75) is 26.3 Å². The van der Waals surface area contributed by atoms with Gasteiger partial charge in [-0.2, -0.15) is 0 Å². The van der Waals surface area contributed by atoms with E-state index in [2.05, 4.69) is 12.2 Å². The van der Waals surface area contributed by atoms with Gasteiger partial charge in [-0.15, -0.1) is 0 Å². The van der Waals surface area contributed by atoms with E-state index in [0.29, 0.717) is 0 Å². The number of pyridine rings is 1. The van der Waals surface area contributed by atoms with Crippen LogP contribution in [-0.4, -0.2) is 11.5 Å². The third-order valence-corrected chi connectivity index (χ3v) is 3.72. The van der Waals surface area contributed by atoms with Crippen LogP contribution in [0.25, 0.3) is 10.9 Å². The van der Waals surface area contributed by atoms with Crippen molar-refractivity contribution in [2.24, 2.45) is 0 Å². The lowest BCUT2D eigenvalue weighted by Crippen LogP contribution is -2.13. The van der Waals surface area contributed by atoms with Crippen LogP contribution < -0.4 is 5.32 Å². The topological polar surface area (TPSA) is 24.9 Å². The molecule has 0 amide bonds. The zero-order valence-corrected chi connectivity index (χ0v) is 10.6. The van der Waals surface area contributed by atoms with E-state index in [4.69, 9.17) is 16.6 Å². The smallest absolute Gasteiger partial charge is 0.0709 e. The van der Waals surface area contributed by atoms with Crippen LogP contribution in [0.3, 0.4) is 0 Å². The molecule has 0 saturated carbocycles. The van der Waals surface area contributed by atoms with E-state index < -0.39 is 0 Å². The van der Waals surface area contributed by atoms with Crippen molar-refractivity contribution >= 4 is 22.5 Å². The molecule has 1 aromatic carbocycles.